The van der Waals surface area contributed by atoms with Crippen LogP contribution in [0.15, 0.2) is 48.5 Å². The molecule has 1 heterocycles. The van der Waals surface area contributed by atoms with Gasteiger partial charge in [0, 0.05) is 37.7 Å². The first kappa shape index (κ1) is 24.7. The Labute approximate surface area is 194 Å². The first-order valence-electron chi connectivity index (χ1n) is 11.0. The molecule has 1 aliphatic rings. The van der Waals surface area contributed by atoms with Gasteiger partial charge in [-0.2, -0.15) is 0 Å². The molecule has 33 heavy (non-hydrogen) atoms. The number of anilines is 1. The molecular formula is C23H30N4O5S. The molecule has 9 nitrogen and oxygen atoms in total. The molecule has 0 atom stereocenters. The molecule has 3 rings (SSSR count). The highest BCUT2D eigenvalue weighted by Gasteiger charge is 2.28. The summed E-state index contributed by atoms with van der Waals surface area (Å²) in [5.74, 6) is -0.267. The Kier molecular flexibility index (Phi) is 8.04. The highest BCUT2D eigenvalue weighted by Crippen LogP contribution is 2.31. The van der Waals surface area contributed by atoms with E-state index < -0.39 is 10.0 Å². The van der Waals surface area contributed by atoms with Gasteiger partial charge in [-0.15, -0.1) is 0 Å². The third-order valence-electron chi connectivity index (χ3n) is 5.55. The Hall–Kier alpha value is -2.98. The van der Waals surface area contributed by atoms with Crippen LogP contribution >= 0.6 is 0 Å². The van der Waals surface area contributed by atoms with Gasteiger partial charge in [0.25, 0.3) is 5.69 Å². The van der Waals surface area contributed by atoms with E-state index in [1.165, 1.54) is 6.07 Å². The third kappa shape index (κ3) is 7.00. The standard InChI is InChI=1S/C23H30N4O5S/c1-17(2)25-33(31,32)16-19-9-7-18(8-10-19)15-24-23(28)20-11-13-26(14-12-20)21-5-3-4-6-22(21)27(29)30/h3-10,17,20,25H,11-16H2,1-2H3,(H,24,28). The Morgan fingerprint density at radius 3 is 2.30 bits per heavy atom. The Morgan fingerprint density at radius 2 is 1.70 bits per heavy atom. The van der Waals surface area contributed by atoms with Crippen LogP contribution in [0.2, 0.25) is 0 Å². The van der Waals surface area contributed by atoms with Gasteiger partial charge in [0.15, 0.2) is 0 Å². The minimum Gasteiger partial charge on any atom is -0.366 e. The van der Waals surface area contributed by atoms with Crippen molar-refractivity contribution in [3.8, 4) is 0 Å². The van der Waals surface area contributed by atoms with Gasteiger partial charge in [0.1, 0.15) is 5.69 Å². The molecule has 0 radical (unpaired) electrons. The lowest BCUT2D eigenvalue weighted by Gasteiger charge is -2.32. The van der Waals surface area contributed by atoms with Crippen molar-refractivity contribution in [3.05, 3.63) is 69.8 Å². The van der Waals surface area contributed by atoms with E-state index in [0.29, 0.717) is 43.7 Å². The number of carbonyl (C=O) groups excluding carboxylic acids is 1. The largest absolute Gasteiger partial charge is 0.366 e. The lowest BCUT2D eigenvalue weighted by atomic mass is 9.95. The molecule has 0 unspecified atom stereocenters. The molecule has 0 aliphatic carbocycles. The van der Waals surface area contributed by atoms with Gasteiger partial charge >= 0.3 is 0 Å². The van der Waals surface area contributed by atoms with Gasteiger partial charge in [-0.05, 0) is 43.9 Å². The van der Waals surface area contributed by atoms with E-state index in [0.717, 1.165) is 5.56 Å². The molecule has 0 spiro atoms. The number of nitrogens with one attached hydrogen (secondary N) is 2. The summed E-state index contributed by atoms with van der Waals surface area (Å²) < 4.78 is 26.7. The number of benzene rings is 2. The number of nitro benzene ring substituents is 1. The quantitative estimate of drug-likeness (QED) is 0.426. The maximum Gasteiger partial charge on any atom is 0.292 e. The van der Waals surface area contributed by atoms with Gasteiger partial charge in [0.05, 0.1) is 10.7 Å². The topological polar surface area (TPSA) is 122 Å². The first-order valence-corrected chi connectivity index (χ1v) is 12.6. The predicted octanol–water partition coefficient (Wildman–Crippen LogP) is 2.96. The van der Waals surface area contributed by atoms with Gasteiger partial charge in [0.2, 0.25) is 15.9 Å². The zero-order valence-electron chi connectivity index (χ0n) is 18.9. The summed E-state index contributed by atoms with van der Waals surface area (Å²) in [6, 6.07) is 13.7. The molecule has 0 aromatic heterocycles. The zero-order chi connectivity index (χ0) is 24.0. The Bertz CT molecular complexity index is 1080. The summed E-state index contributed by atoms with van der Waals surface area (Å²) in [4.78, 5) is 25.5. The SMILES string of the molecule is CC(C)NS(=O)(=O)Cc1ccc(CNC(=O)C2CCN(c3ccccc3[N+](=O)[O-])CC2)cc1. The van der Waals surface area contributed by atoms with Crippen LogP contribution < -0.4 is 14.9 Å². The van der Waals surface area contributed by atoms with Crippen molar-refractivity contribution in [2.45, 2.75) is 45.0 Å². The summed E-state index contributed by atoms with van der Waals surface area (Å²) in [6.45, 7) is 5.07. The van der Waals surface area contributed by atoms with Crippen LogP contribution in [0.3, 0.4) is 0 Å². The van der Waals surface area contributed by atoms with Crippen LogP contribution in [0, 0.1) is 16.0 Å². The van der Waals surface area contributed by atoms with Crippen LogP contribution in [-0.2, 0) is 27.1 Å². The summed E-state index contributed by atoms with van der Waals surface area (Å²) in [5, 5.41) is 14.2. The Balaban J connectivity index is 1.49. The highest BCUT2D eigenvalue weighted by molar-refractivity contribution is 7.88. The second-order valence-electron chi connectivity index (χ2n) is 8.57. The van der Waals surface area contributed by atoms with E-state index in [1.807, 2.05) is 17.0 Å². The number of para-hydroxylation sites is 2. The monoisotopic (exact) mass is 474 g/mol. The minimum atomic E-state index is -3.38. The lowest BCUT2D eigenvalue weighted by molar-refractivity contribution is -0.384. The maximum atomic E-state index is 12.6. The second-order valence-corrected chi connectivity index (χ2v) is 10.3. The predicted molar refractivity (Wildman–Crippen MR) is 127 cm³/mol. The third-order valence-corrected chi connectivity index (χ3v) is 7.09. The van der Waals surface area contributed by atoms with Crippen molar-refractivity contribution >= 4 is 27.3 Å². The van der Waals surface area contributed by atoms with E-state index >= 15 is 0 Å². The summed E-state index contributed by atoms with van der Waals surface area (Å²) in [5.41, 5.74) is 2.24. The second kappa shape index (κ2) is 10.8. The number of sulfonamides is 1. The molecule has 0 bridgehead atoms. The van der Waals surface area contributed by atoms with Crippen LogP contribution in [0.25, 0.3) is 0 Å². The van der Waals surface area contributed by atoms with Gasteiger partial charge in [-0.25, -0.2) is 13.1 Å². The molecular weight excluding hydrogens is 444 g/mol. The normalized spacial score (nSPS) is 14.9. The number of hydrogen-bond acceptors (Lipinski definition) is 6. The van der Waals surface area contributed by atoms with Crippen molar-refractivity contribution in [2.75, 3.05) is 18.0 Å². The molecule has 0 saturated carbocycles. The number of nitro groups is 1. The summed E-state index contributed by atoms with van der Waals surface area (Å²) in [7, 11) is -3.38. The number of nitrogens with zero attached hydrogens (tertiary/aromatic N) is 2. The lowest BCUT2D eigenvalue weighted by Crippen LogP contribution is -2.40. The Morgan fingerprint density at radius 1 is 1.09 bits per heavy atom. The van der Waals surface area contributed by atoms with Crippen LogP contribution in [-0.4, -0.2) is 38.4 Å². The molecule has 10 heteroatoms. The van der Waals surface area contributed by atoms with E-state index in [2.05, 4.69) is 10.0 Å². The number of rotatable bonds is 9. The fourth-order valence-corrected chi connectivity index (χ4v) is 5.41. The molecule has 2 N–H and O–H groups in total. The molecule has 1 aliphatic heterocycles. The van der Waals surface area contributed by atoms with Crippen molar-refractivity contribution in [2.24, 2.45) is 5.92 Å². The van der Waals surface area contributed by atoms with Gasteiger partial charge in [-0.3, -0.25) is 14.9 Å². The van der Waals surface area contributed by atoms with Crippen LogP contribution in [0.4, 0.5) is 11.4 Å². The molecule has 178 valence electrons. The maximum absolute atomic E-state index is 12.6. The number of carbonyl (C=O) groups is 1. The van der Waals surface area contributed by atoms with E-state index in [1.54, 1.807) is 44.2 Å². The van der Waals surface area contributed by atoms with Crippen LogP contribution in [0.5, 0.6) is 0 Å². The summed E-state index contributed by atoms with van der Waals surface area (Å²) >= 11 is 0. The van der Waals surface area contributed by atoms with Crippen molar-refractivity contribution < 1.29 is 18.1 Å². The molecule has 1 fully saturated rings. The number of piperidine rings is 1. The van der Waals surface area contributed by atoms with Crippen LogP contribution in [0.1, 0.15) is 37.8 Å². The first-order chi connectivity index (χ1) is 15.6. The van der Waals surface area contributed by atoms with Crippen molar-refractivity contribution in [1.82, 2.24) is 10.0 Å². The summed E-state index contributed by atoms with van der Waals surface area (Å²) in [6.07, 6.45) is 1.25. The molecule has 1 amide bonds. The highest BCUT2D eigenvalue weighted by atomic mass is 32.2. The average molecular weight is 475 g/mol. The number of amides is 1. The van der Waals surface area contributed by atoms with Gasteiger partial charge < -0.3 is 10.2 Å². The fraction of sp³-hybridized carbons (Fsp3) is 0.435. The van der Waals surface area contributed by atoms with E-state index in [4.69, 9.17) is 0 Å². The smallest absolute Gasteiger partial charge is 0.292 e. The molecule has 2 aromatic carbocycles. The average Bonchev–Trinajstić information content (AvgIpc) is 2.77. The molecule has 1 saturated heterocycles. The van der Waals surface area contributed by atoms with Crippen molar-refractivity contribution in [1.29, 1.82) is 0 Å². The fourth-order valence-electron chi connectivity index (χ4n) is 3.98. The minimum absolute atomic E-state index is 0.0370. The zero-order valence-corrected chi connectivity index (χ0v) is 19.7. The van der Waals surface area contributed by atoms with E-state index in [9.17, 15) is 23.3 Å². The number of hydrogen-bond donors (Lipinski definition) is 2. The molecule has 2 aromatic rings. The van der Waals surface area contributed by atoms with Gasteiger partial charge in [-0.1, -0.05) is 36.4 Å². The van der Waals surface area contributed by atoms with E-state index in [-0.39, 0.29) is 34.2 Å². The van der Waals surface area contributed by atoms with Crippen molar-refractivity contribution in [3.63, 3.8) is 0 Å².